The lowest BCUT2D eigenvalue weighted by Gasteiger charge is -2.08. The summed E-state index contributed by atoms with van der Waals surface area (Å²) in [6.45, 7) is 0.250. The van der Waals surface area contributed by atoms with E-state index >= 15 is 0 Å². The van der Waals surface area contributed by atoms with Crippen molar-refractivity contribution < 1.29 is 9.84 Å². The number of methoxy groups -OCH3 is 1. The minimum absolute atomic E-state index is 0.0211. The van der Waals surface area contributed by atoms with Crippen LogP contribution in [0.5, 0.6) is 11.5 Å². The van der Waals surface area contributed by atoms with E-state index in [2.05, 4.69) is 17.0 Å². The molecule has 2 aromatic rings. The first-order valence-electron chi connectivity index (χ1n) is 5.57. The SMILES string of the molecule is COc1cc(O)c(N=O)c2cc(C#CCN)ccc12. The van der Waals surface area contributed by atoms with Crippen LogP contribution in [0.15, 0.2) is 29.4 Å². The molecule has 0 saturated heterocycles. The molecule has 5 nitrogen and oxygen atoms in total. The molecule has 0 unspecified atom stereocenters. The summed E-state index contributed by atoms with van der Waals surface area (Å²) in [5.41, 5.74) is 5.98. The molecule has 3 N–H and O–H groups in total. The summed E-state index contributed by atoms with van der Waals surface area (Å²) in [6.07, 6.45) is 0. The molecule has 0 aromatic heterocycles. The van der Waals surface area contributed by atoms with Crippen molar-refractivity contribution in [2.24, 2.45) is 10.9 Å². The summed E-state index contributed by atoms with van der Waals surface area (Å²) in [6, 6.07) is 6.60. The number of fused-ring (bicyclic) bond motifs is 1. The Morgan fingerprint density at radius 3 is 2.79 bits per heavy atom. The maximum absolute atomic E-state index is 10.9. The molecule has 2 aromatic carbocycles. The van der Waals surface area contributed by atoms with E-state index in [-0.39, 0.29) is 18.0 Å². The van der Waals surface area contributed by atoms with Crippen molar-refractivity contribution in [3.8, 4) is 23.3 Å². The number of hydrogen-bond acceptors (Lipinski definition) is 5. The Morgan fingerprint density at radius 2 is 2.16 bits per heavy atom. The van der Waals surface area contributed by atoms with Crippen LogP contribution in [0.2, 0.25) is 0 Å². The van der Waals surface area contributed by atoms with Gasteiger partial charge in [-0.25, -0.2) is 0 Å². The van der Waals surface area contributed by atoms with Gasteiger partial charge in [0.2, 0.25) is 0 Å². The Balaban J connectivity index is 2.78. The molecular weight excluding hydrogens is 244 g/mol. The molecule has 19 heavy (non-hydrogen) atoms. The van der Waals surface area contributed by atoms with Gasteiger partial charge in [-0.05, 0) is 23.4 Å². The Hall–Kier alpha value is -2.58. The van der Waals surface area contributed by atoms with Crippen LogP contribution >= 0.6 is 0 Å². The van der Waals surface area contributed by atoms with Gasteiger partial charge in [-0.3, -0.25) is 0 Å². The number of nitrogens with zero attached hydrogens (tertiary/aromatic N) is 1. The first-order valence-corrected chi connectivity index (χ1v) is 5.57. The van der Waals surface area contributed by atoms with E-state index in [4.69, 9.17) is 10.5 Å². The number of hydrogen-bond donors (Lipinski definition) is 2. The van der Waals surface area contributed by atoms with Crippen LogP contribution in [-0.2, 0) is 0 Å². The zero-order valence-electron chi connectivity index (χ0n) is 10.3. The summed E-state index contributed by atoms with van der Waals surface area (Å²) >= 11 is 0. The maximum Gasteiger partial charge on any atom is 0.157 e. The van der Waals surface area contributed by atoms with Gasteiger partial charge in [0.15, 0.2) is 5.69 Å². The number of rotatable bonds is 2. The van der Waals surface area contributed by atoms with Gasteiger partial charge in [0.1, 0.15) is 11.5 Å². The fraction of sp³-hybridized carbons (Fsp3) is 0.143. The zero-order chi connectivity index (χ0) is 13.8. The van der Waals surface area contributed by atoms with Crippen molar-refractivity contribution >= 4 is 16.5 Å². The fourth-order valence-corrected chi connectivity index (χ4v) is 1.86. The van der Waals surface area contributed by atoms with Gasteiger partial charge in [-0.1, -0.05) is 11.8 Å². The Bertz CT molecular complexity index is 699. The highest BCUT2D eigenvalue weighted by atomic mass is 16.5. The van der Waals surface area contributed by atoms with Crippen molar-refractivity contribution in [3.63, 3.8) is 0 Å². The molecule has 0 aliphatic rings. The summed E-state index contributed by atoms with van der Waals surface area (Å²) in [5, 5.41) is 13.8. The van der Waals surface area contributed by atoms with Gasteiger partial charge in [-0.2, -0.15) is 0 Å². The van der Waals surface area contributed by atoms with E-state index in [0.717, 1.165) is 0 Å². The predicted molar refractivity (Wildman–Crippen MR) is 73.6 cm³/mol. The molecule has 0 aliphatic carbocycles. The fourth-order valence-electron chi connectivity index (χ4n) is 1.86. The number of nitrogens with two attached hydrogens (primary N) is 1. The minimum Gasteiger partial charge on any atom is -0.505 e. The molecule has 5 heteroatoms. The number of aromatic hydroxyl groups is 1. The first-order chi connectivity index (χ1) is 9.21. The van der Waals surface area contributed by atoms with Crippen LogP contribution in [-0.4, -0.2) is 18.8 Å². The molecule has 96 valence electrons. The van der Waals surface area contributed by atoms with Crippen LogP contribution in [0.25, 0.3) is 10.8 Å². The quantitative estimate of drug-likeness (QED) is 0.637. The second-order valence-corrected chi connectivity index (χ2v) is 3.80. The van der Waals surface area contributed by atoms with Gasteiger partial charge in [0.25, 0.3) is 0 Å². The number of phenols is 1. The van der Waals surface area contributed by atoms with Crippen molar-refractivity contribution in [2.75, 3.05) is 13.7 Å². The van der Waals surface area contributed by atoms with E-state index in [1.165, 1.54) is 13.2 Å². The highest BCUT2D eigenvalue weighted by Gasteiger charge is 2.13. The van der Waals surface area contributed by atoms with Crippen LogP contribution in [0.4, 0.5) is 5.69 Å². The minimum atomic E-state index is -0.219. The predicted octanol–water partition coefficient (Wildman–Crippen LogP) is 2.26. The van der Waals surface area contributed by atoms with Gasteiger partial charge in [0.05, 0.1) is 13.7 Å². The van der Waals surface area contributed by atoms with Crippen LogP contribution in [0.1, 0.15) is 5.56 Å². The summed E-state index contributed by atoms with van der Waals surface area (Å²) in [4.78, 5) is 10.9. The molecule has 0 bridgehead atoms. The van der Waals surface area contributed by atoms with Crippen LogP contribution < -0.4 is 10.5 Å². The Morgan fingerprint density at radius 1 is 1.37 bits per heavy atom. The summed E-state index contributed by atoms with van der Waals surface area (Å²) in [5.74, 6) is 5.84. The molecule has 0 atom stereocenters. The highest BCUT2D eigenvalue weighted by Crippen LogP contribution is 2.40. The van der Waals surface area contributed by atoms with Crippen LogP contribution in [0.3, 0.4) is 0 Å². The lowest BCUT2D eigenvalue weighted by molar-refractivity contribution is 0.413. The summed E-state index contributed by atoms with van der Waals surface area (Å²) in [7, 11) is 1.49. The van der Waals surface area contributed by atoms with E-state index < -0.39 is 0 Å². The number of phenolic OH excluding ortho intramolecular Hbond substituents is 1. The largest absolute Gasteiger partial charge is 0.505 e. The standard InChI is InChI=1S/C14H12N2O3/c1-19-13-8-12(17)14(16-18)11-7-9(3-2-6-15)4-5-10(11)13/h4-5,7-8,17H,6,15H2,1H3. The molecule has 0 saturated carbocycles. The lowest BCUT2D eigenvalue weighted by atomic mass is 10.0. The summed E-state index contributed by atoms with van der Waals surface area (Å²) < 4.78 is 5.17. The van der Waals surface area contributed by atoms with Gasteiger partial charge >= 0.3 is 0 Å². The maximum atomic E-state index is 10.9. The third-order valence-corrected chi connectivity index (χ3v) is 2.70. The molecule has 0 aliphatic heterocycles. The Labute approximate surface area is 110 Å². The third kappa shape index (κ3) is 2.34. The normalized spacial score (nSPS) is 9.79. The molecule has 0 spiro atoms. The number of ether oxygens (including phenoxy) is 1. The smallest absolute Gasteiger partial charge is 0.157 e. The van der Waals surface area contributed by atoms with Crippen molar-refractivity contribution in [3.05, 3.63) is 34.7 Å². The Kier molecular flexibility index (Phi) is 3.64. The first kappa shape index (κ1) is 12.9. The third-order valence-electron chi connectivity index (χ3n) is 2.70. The molecule has 2 rings (SSSR count). The van der Waals surface area contributed by atoms with Gasteiger partial charge in [-0.15, -0.1) is 4.91 Å². The van der Waals surface area contributed by atoms with Crippen LogP contribution in [0, 0.1) is 16.7 Å². The number of benzene rings is 2. The average Bonchev–Trinajstić information content (AvgIpc) is 2.44. The zero-order valence-corrected chi connectivity index (χ0v) is 10.3. The molecule has 0 amide bonds. The molecule has 0 heterocycles. The molecule has 0 fully saturated rings. The lowest BCUT2D eigenvalue weighted by Crippen LogP contribution is -1.93. The molecular formula is C14H12N2O3. The average molecular weight is 256 g/mol. The van der Waals surface area contributed by atoms with Crippen molar-refractivity contribution in [1.82, 2.24) is 0 Å². The topological polar surface area (TPSA) is 84.9 Å². The van der Waals surface area contributed by atoms with Gasteiger partial charge < -0.3 is 15.6 Å². The van der Waals surface area contributed by atoms with E-state index in [1.807, 2.05) is 0 Å². The van der Waals surface area contributed by atoms with E-state index in [9.17, 15) is 10.0 Å². The highest BCUT2D eigenvalue weighted by molar-refractivity contribution is 6.00. The monoisotopic (exact) mass is 256 g/mol. The van der Waals surface area contributed by atoms with E-state index in [0.29, 0.717) is 22.1 Å². The second kappa shape index (κ2) is 5.38. The molecule has 0 radical (unpaired) electrons. The van der Waals surface area contributed by atoms with Crippen molar-refractivity contribution in [2.45, 2.75) is 0 Å². The van der Waals surface area contributed by atoms with E-state index in [1.54, 1.807) is 18.2 Å². The second-order valence-electron chi connectivity index (χ2n) is 3.80. The van der Waals surface area contributed by atoms with Crippen molar-refractivity contribution in [1.29, 1.82) is 0 Å². The number of nitroso groups, excluding NO2 is 1. The van der Waals surface area contributed by atoms with Gasteiger partial charge in [0, 0.05) is 22.4 Å².